The van der Waals surface area contributed by atoms with Gasteiger partial charge in [0.2, 0.25) is 0 Å². The van der Waals surface area contributed by atoms with Crippen LogP contribution in [0.25, 0.3) is 10.6 Å². The maximum absolute atomic E-state index is 9.10. The maximum Gasteiger partial charge on any atom is 2.00 e. The van der Waals surface area contributed by atoms with Gasteiger partial charge in [0.05, 0.1) is 0 Å². The SMILES string of the molecule is CC(C)(C)C1=CC[N-]C=C1.CC(C)(C)C1CC[N-]CC1.O=C(O)C(=O)O.[Pt+2]. The largest absolute Gasteiger partial charge is 2.00 e. The van der Waals surface area contributed by atoms with E-state index in [4.69, 9.17) is 19.8 Å². The molecule has 1 saturated heterocycles. The monoisotopic (exact) mass is 561 g/mol. The summed E-state index contributed by atoms with van der Waals surface area (Å²) in [5, 5.41) is 23.2. The van der Waals surface area contributed by atoms with E-state index in [1.54, 1.807) is 0 Å². The number of allylic oxidation sites excluding steroid dienone is 2. The number of hydrogen-bond acceptors (Lipinski definition) is 2. The second-order valence-corrected chi connectivity index (χ2v) is 8.51. The first-order chi connectivity index (χ1) is 11.9. The summed E-state index contributed by atoms with van der Waals surface area (Å²) in [6.07, 6.45) is 8.77. The van der Waals surface area contributed by atoms with Crippen LogP contribution in [0.4, 0.5) is 0 Å². The van der Waals surface area contributed by atoms with Crippen molar-refractivity contribution in [3.63, 3.8) is 0 Å². The standard InChI is InChI=1S/C9H18N.C9H14N.C2H2O4.Pt/c2*1-9(2,3)8-4-6-10-7-5-8;3-1(4)2(5)6;/h8H,4-7H2,1-3H3;4-6H,7H2,1-3H3;(H,3,4)(H,5,6);/q2*-1;;+2. The molecule has 0 unspecified atom stereocenters. The molecule has 0 bridgehead atoms. The fraction of sp³-hybridized carbons (Fsp3) is 0.700. The van der Waals surface area contributed by atoms with E-state index in [0.717, 1.165) is 25.6 Å². The molecule has 0 saturated carbocycles. The van der Waals surface area contributed by atoms with Crippen LogP contribution in [0.3, 0.4) is 0 Å². The van der Waals surface area contributed by atoms with Crippen LogP contribution in [0.15, 0.2) is 23.9 Å². The van der Waals surface area contributed by atoms with Gasteiger partial charge in [0.1, 0.15) is 0 Å². The summed E-state index contributed by atoms with van der Waals surface area (Å²) in [5.74, 6) is -2.74. The van der Waals surface area contributed by atoms with Crippen LogP contribution in [0.1, 0.15) is 54.4 Å². The normalized spacial score (nSPS) is 16.9. The molecule has 158 valence electrons. The molecule has 0 spiro atoms. The maximum atomic E-state index is 9.10. The summed E-state index contributed by atoms with van der Waals surface area (Å²) < 4.78 is 0. The molecule has 0 aliphatic carbocycles. The quantitative estimate of drug-likeness (QED) is 0.414. The van der Waals surface area contributed by atoms with Gasteiger partial charge in [-0.3, -0.25) is 0 Å². The predicted molar refractivity (Wildman–Crippen MR) is 105 cm³/mol. The summed E-state index contributed by atoms with van der Waals surface area (Å²) in [5.41, 5.74) is 2.19. The minimum Gasteiger partial charge on any atom is -0.687 e. The molecule has 0 radical (unpaired) electrons. The Morgan fingerprint density at radius 3 is 1.70 bits per heavy atom. The van der Waals surface area contributed by atoms with Gasteiger partial charge in [-0.25, -0.2) is 9.59 Å². The van der Waals surface area contributed by atoms with Crippen molar-refractivity contribution in [2.24, 2.45) is 16.7 Å². The van der Waals surface area contributed by atoms with Gasteiger partial charge in [0, 0.05) is 0 Å². The fourth-order valence-corrected chi connectivity index (χ4v) is 2.59. The van der Waals surface area contributed by atoms with Gasteiger partial charge in [0.15, 0.2) is 0 Å². The van der Waals surface area contributed by atoms with Crippen LogP contribution in [0, 0.1) is 16.7 Å². The smallest absolute Gasteiger partial charge is 0.687 e. The molecule has 2 heterocycles. The predicted octanol–water partition coefficient (Wildman–Crippen LogP) is 4.83. The molecule has 0 amide bonds. The van der Waals surface area contributed by atoms with Crippen molar-refractivity contribution < 1.29 is 40.9 Å². The van der Waals surface area contributed by atoms with Crippen molar-refractivity contribution in [2.45, 2.75) is 54.4 Å². The molecule has 2 N–H and O–H groups in total. The Morgan fingerprint density at radius 2 is 1.48 bits per heavy atom. The Labute approximate surface area is 178 Å². The number of piperidine rings is 1. The second kappa shape index (κ2) is 13.1. The molecule has 7 heteroatoms. The fourth-order valence-electron chi connectivity index (χ4n) is 2.59. The average Bonchev–Trinajstić information content (AvgIpc) is 2.56. The van der Waals surface area contributed by atoms with E-state index >= 15 is 0 Å². The van der Waals surface area contributed by atoms with E-state index in [1.807, 2.05) is 6.20 Å². The Hall–Kier alpha value is -1.13. The molecule has 2 rings (SSSR count). The van der Waals surface area contributed by atoms with Crippen LogP contribution < -0.4 is 0 Å². The minimum absolute atomic E-state index is 0. The van der Waals surface area contributed by atoms with Crippen molar-refractivity contribution in [2.75, 3.05) is 19.6 Å². The van der Waals surface area contributed by atoms with Gasteiger partial charge in [-0.15, -0.1) is 19.6 Å². The molecule has 1 fully saturated rings. The molecule has 27 heavy (non-hydrogen) atoms. The number of carboxylic acid groups (broad SMARTS) is 2. The summed E-state index contributed by atoms with van der Waals surface area (Å²) in [4.78, 5) is 18.2. The van der Waals surface area contributed by atoms with Gasteiger partial charge in [-0.1, -0.05) is 66.5 Å². The van der Waals surface area contributed by atoms with Crippen LogP contribution in [0.5, 0.6) is 0 Å². The molecular weight excluding hydrogens is 527 g/mol. The summed E-state index contributed by atoms with van der Waals surface area (Å²) in [6, 6.07) is 0. The third kappa shape index (κ3) is 13.6. The minimum atomic E-state index is -1.82. The summed E-state index contributed by atoms with van der Waals surface area (Å²) in [6.45, 7) is 16.7. The van der Waals surface area contributed by atoms with Gasteiger partial charge in [-0.2, -0.15) is 6.20 Å². The first-order valence-corrected chi connectivity index (χ1v) is 8.99. The van der Waals surface area contributed by atoms with Gasteiger partial charge in [-0.05, 0) is 22.3 Å². The first-order valence-electron chi connectivity index (χ1n) is 8.99. The Bertz CT molecular complexity index is 499. The van der Waals surface area contributed by atoms with Crippen molar-refractivity contribution in [3.8, 4) is 0 Å². The number of aliphatic carboxylic acids is 2. The molecule has 0 aromatic rings. The van der Waals surface area contributed by atoms with E-state index in [9.17, 15) is 0 Å². The van der Waals surface area contributed by atoms with E-state index in [1.165, 1.54) is 18.4 Å². The molecule has 0 aromatic carbocycles. The van der Waals surface area contributed by atoms with Crippen molar-refractivity contribution >= 4 is 11.9 Å². The molecule has 2 aliphatic heterocycles. The topological polar surface area (TPSA) is 103 Å². The van der Waals surface area contributed by atoms with E-state index < -0.39 is 11.9 Å². The Kier molecular flexibility index (Phi) is 13.6. The van der Waals surface area contributed by atoms with E-state index in [2.05, 4.69) is 64.3 Å². The number of carbonyl (C=O) groups is 2. The average molecular weight is 562 g/mol. The van der Waals surface area contributed by atoms with Crippen molar-refractivity contribution in [1.82, 2.24) is 0 Å². The second-order valence-electron chi connectivity index (χ2n) is 8.51. The van der Waals surface area contributed by atoms with Gasteiger partial charge >= 0.3 is 33.0 Å². The Morgan fingerprint density at radius 1 is 1.00 bits per heavy atom. The third-order valence-electron chi connectivity index (χ3n) is 4.32. The molecule has 6 nitrogen and oxygen atoms in total. The number of rotatable bonds is 0. The Balaban J connectivity index is 0. The van der Waals surface area contributed by atoms with Crippen molar-refractivity contribution in [3.05, 3.63) is 34.6 Å². The van der Waals surface area contributed by atoms with Crippen molar-refractivity contribution in [1.29, 1.82) is 0 Å². The van der Waals surface area contributed by atoms with Gasteiger partial charge < -0.3 is 20.8 Å². The summed E-state index contributed by atoms with van der Waals surface area (Å²) >= 11 is 0. The zero-order chi connectivity index (χ0) is 20.4. The van der Waals surface area contributed by atoms with E-state index in [0.29, 0.717) is 5.41 Å². The zero-order valence-electron chi connectivity index (χ0n) is 17.3. The van der Waals surface area contributed by atoms with E-state index in [-0.39, 0.29) is 26.5 Å². The zero-order valence-corrected chi connectivity index (χ0v) is 19.5. The van der Waals surface area contributed by atoms with Crippen LogP contribution in [0.2, 0.25) is 0 Å². The van der Waals surface area contributed by atoms with Crippen LogP contribution in [-0.2, 0) is 30.7 Å². The third-order valence-corrected chi connectivity index (χ3v) is 4.32. The number of nitrogens with zero attached hydrogens (tertiary/aromatic N) is 2. The van der Waals surface area contributed by atoms with Crippen LogP contribution in [-0.4, -0.2) is 41.8 Å². The van der Waals surface area contributed by atoms with Gasteiger partial charge in [0.25, 0.3) is 0 Å². The molecule has 0 atom stereocenters. The van der Waals surface area contributed by atoms with Crippen LogP contribution >= 0.6 is 0 Å². The number of carboxylic acids is 2. The molecular formula is C20H34N2O4Pt. The first kappa shape index (κ1) is 28.1. The molecule has 0 aromatic heterocycles. The number of hydrogen-bond donors (Lipinski definition) is 2. The summed E-state index contributed by atoms with van der Waals surface area (Å²) in [7, 11) is 0. The molecule has 2 aliphatic rings.